The van der Waals surface area contributed by atoms with E-state index in [9.17, 15) is 5.11 Å². The molecule has 0 radical (unpaired) electrons. The molecular formula is C12H19N3OS2. The van der Waals surface area contributed by atoms with Gasteiger partial charge in [-0.25, -0.2) is 4.98 Å². The van der Waals surface area contributed by atoms with Gasteiger partial charge in [0.25, 0.3) is 0 Å². The van der Waals surface area contributed by atoms with Crippen molar-refractivity contribution in [2.45, 2.75) is 26.0 Å². The quantitative estimate of drug-likeness (QED) is 0.851. The smallest absolute Gasteiger partial charge is 0.194 e. The number of nitrogens with one attached hydrogen (secondary N) is 1. The van der Waals surface area contributed by atoms with Gasteiger partial charge in [0.2, 0.25) is 0 Å². The van der Waals surface area contributed by atoms with E-state index in [1.54, 1.807) is 23.1 Å². The van der Waals surface area contributed by atoms with Gasteiger partial charge in [0, 0.05) is 30.4 Å². The zero-order valence-electron chi connectivity index (χ0n) is 10.9. The first-order chi connectivity index (χ1) is 8.53. The van der Waals surface area contributed by atoms with Crippen LogP contribution in [-0.2, 0) is 6.54 Å². The molecule has 0 aliphatic rings. The van der Waals surface area contributed by atoms with Crippen molar-refractivity contribution < 1.29 is 5.11 Å². The molecule has 0 aliphatic heterocycles. The second kappa shape index (κ2) is 5.61. The second-order valence-electron chi connectivity index (χ2n) is 4.73. The highest BCUT2D eigenvalue weighted by Crippen LogP contribution is 2.17. The molecule has 0 amide bonds. The highest BCUT2D eigenvalue weighted by Gasteiger charge is 2.19. The zero-order valence-corrected chi connectivity index (χ0v) is 12.6. The van der Waals surface area contributed by atoms with Gasteiger partial charge in [-0.2, -0.15) is 11.8 Å². The normalized spacial score (nSPS) is 15.1. The van der Waals surface area contributed by atoms with E-state index in [2.05, 4.69) is 14.7 Å². The third-order valence-corrected chi connectivity index (χ3v) is 4.48. The summed E-state index contributed by atoms with van der Waals surface area (Å²) in [5, 5.41) is 15.4. The molecule has 0 saturated heterocycles. The number of rotatable bonds is 6. The summed E-state index contributed by atoms with van der Waals surface area (Å²) in [6, 6.07) is 0. The molecule has 0 fully saturated rings. The average molecular weight is 285 g/mol. The SMILES string of the molecule is CSCC(C)(O)CNCc1c(C)nc2sccn12. The van der Waals surface area contributed by atoms with Crippen molar-refractivity contribution in [1.82, 2.24) is 14.7 Å². The van der Waals surface area contributed by atoms with Gasteiger partial charge in [0.15, 0.2) is 4.96 Å². The fraction of sp³-hybridized carbons (Fsp3) is 0.583. The number of hydrogen-bond acceptors (Lipinski definition) is 5. The minimum atomic E-state index is -0.661. The van der Waals surface area contributed by atoms with Gasteiger partial charge in [0.05, 0.1) is 17.0 Å². The number of fused-ring (bicyclic) bond motifs is 1. The van der Waals surface area contributed by atoms with Crippen molar-refractivity contribution in [3.8, 4) is 0 Å². The van der Waals surface area contributed by atoms with Crippen LogP contribution >= 0.6 is 23.1 Å². The molecule has 0 spiro atoms. The van der Waals surface area contributed by atoms with Crippen molar-refractivity contribution >= 4 is 28.1 Å². The summed E-state index contributed by atoms with van der Waals surface area (Å²) < 4.78 is 2.11. The molecule has 2 rings (SSSR count). The van der Waals surface area contributed by atoms with Crippen molar-refractivity contribution in [2.24, 2.45) is 0 Å². The largest absolute Gasteiger partial charge is 0.388 e. The minimum absolute atomic E-state index is 0.588. The Balaban J connectivity index is 1.98. The third-order valence-electron chi connectivity index (χ3n) is 2.81. The van der Waals surface area contributed by atoms with Gasteiger partial charge < -0.3 is 10.4 Å². The van der Waals surface area contributed by atoms with Crippen LogP contribution in [0.15, 0.2) is 11.6 Å². The number of thioether (sulfide) groups is 1. The number of nitrogens with zero attached hydrogens (tertiary/aromatic N) is 2. The summed E-state index contributed by atoms with van der Waals surface area (Å²) in [4.78, 5) is 5.53. The van der Waals surface area contributed by atoms with E-state index in [0.717, 1.165) is 23.0 Å². The molecule has 0 bridgehead atoms. The Hall–Kier alpha value is -0.560. The van der Waals surface area contributed by atoms with Crippen molar-refractivity contribution in [2.75, 3.05) is 18.6 Å². The second-order valence-corrected chi connectivity index (χ2v) is 6.47. The van der Waals surface area contributed by atoms with Crippen LogP contribution in [0.5, 0.6) is 0 Å². The number of aliphatic hydroxyl groups is 1. The van der Waals surface area contributed by atoms with Crippen LogP contribution in [0.4, 0.5) is 0 Å². The van der Waals surface area contributed by atoms with Crippen LogP contribution in [0, 0.1) is 6.92 Å². The van der Waals surface area contributed by atoms with Gasteiger partial charge in [-0.1, -0.05) is 0 Å². The van der Waals surface area contributed by atoms with Crippen LogP contribution in [0.3, 0.4) is 0 Å². The molecule has 6 heteroatoms. The Labute approximate surface area is 115 Å². The van der Waals surface area contributed by atoms with Gasteiger partial charge >= 0.3 is 0 Å². The van der Waals surface area contributed by atoms with Crippen LogP contribution in [-0.4, -0.2) is 38.6 Å². The van der Waals surface area contributed by atoms with Gasteiger partial charge in [0.1, 0.15) is 0 Å². The van der Waals surface area contributed by atoms with Crippen LogP contribution < -0.4 is 5.32 Å². The van der Waals surface area contributed by atoms with E-state index in [-0.39, 0.29) is 0 Å². The molecule has 0 aromatic carbocycles. The highest BCUT2D eigenvalue weighted by molar-refractivity contribution is 7.98. The molecule has 2 heterocycles. The molecule has 1 atom stereocenters. The van der Waals surface area contributed by atoms with E-state index in [1.165, 1.54) is 5.69 Å². The van der Waals surface area contributed by atoms with Crippen molar-refractivity contribution in [3.05, 3.63) is 23.0 Å². The maximum Gasteiger partial charge on any atom is 0.194 e. The summed E-state index contributed by atoms with van der Waals surface area (Å²) in [6.07, 6.45) is 4.04. The third kappa shape index (κ3) is 3.06. The number of thiazole rings is 1. The molecule has 0 aliphatic carbocycles. The van der Waals surface area contributed by atoms with E-state index in [0.29, 0.717) is 6.54 Å². The maximum atomic E-state index is 10.1. The maximum absolute atomic E-state index is 10.1. The minimum Gasteiger partial charge on any atom is -0.388 e. The predicted molar refractivity (Wildman–Crippen MR) is 78.5 cm³/mol. The number of imidazole rings is 1. The molecule has 2 N–H and O–H groups in total. The lowest BCUT2D eigenvalue weighted by molar-refractivity contribution is 0.0844. The molecule has 18 heavy (non-hydrogen) atoms. The molecule has 0 saturated carbocycles. The number of aryl methyl sites for hydroxylation is 1. The van der Waals surface area contributed by atoms with Gasteiger partial charge in [-0.15, -0.1) is 11.3 Å². The standard InChI is InChI=1S/C12H19N3OS2/c1-9-10(15-4-5-18-11(15)14-9)6-13-7-12(2,16)8-17-3/h4-5,13,16H,6-8H2,1-3H3. The Bertz CT molecular complexity index is 518. The molecule has 1 unspecified atom stereocenters. The zero-order chi connectivity index (χ0) is 13.2. The van der Waals surface area contributed by atoms with Crippen molar-refractivity contribution in [1.29, 1.82) is 0 Å². The molecule has 2 aromatic heterocycles. The molecule has 4 nitrogen and oxygen atoms in total. The van der Waals surface area contributed by atoms with Crippen LogP contribution in [0.1, 0.15) is 18.3 Å². The van der Waals surface area contributed by atoms with Crippen LogP contribution in [0.25, 0.3) is 4.96 Å². The monoisotopic (exact) mass is 285 g/mol. The summed E-state index contributed by atoms with van der Waals surface area (Å²) >= 11 is 3.30. The fourth-order valence-corrected chi connectivity index (χ4v) is 3.47. The number of aromatic nitrogens is 2. The van der Waals surface area contributed by atoms with Crippen molar-refractivity contribution in [3.63, 3.8) is 0 Å². The Morgan fingerprint density at radius 1 is 1.61 bits per heavy atom. The lowest BCUT2D eigenvalue weighted by Crippen LogP contribution is -2.39. The first-order valence-electron chi connectivity index (χ1n) is 5.86. The van der Waals surface area contributed by atoms with Gasteiger partial charge in [-0.3, -0.25) is 4.40 Å². The van der Waals surface area contributed by atoms with E-state index < -0.39 is 5.60 Å². The van der Waals surface area contributed by atoms with E-state index >= 15 is 0 Å². The topological polar surface area (TPSA) is 49.6 Å². The van der Waals surface area contributed by atoms with E-state index in [4.69, 9.17) is 0 Å². The molecular weight excluding hydrogens is 266 g/mol. The fourth-order valence-electron chi connectivity index (χ4n) is 1.97. The lowest BCUT2D eigenvalue weighted by Gasteiger charge is -2.22. The summed E-state index contributed by atoms with van der Waals surface area (Å²) in [7, 11) is 0. The lowest BCUT2D eigenvalue weighted by atomic mass is 10.1. The summed E-state index contributed by atoms with van der Waals surface area (Å²) in [5.41, 5.74) is 1.57. The summed E-state index contributed by atoms with van der Waals surface area (Å²) in [5.74, 6) is 0.735. The molecule has 100 valence electrons. The average Bonchev–Trinajstić information content (AvgIpc) is 2.81. The number of hydrogen-bond donors (Lipinski definition) is 2. The van der Waals surface area contributed by atoms with E-state index in [1.807, 2.05) is 31.7 Å². The first kappa shape index (κ1) is 13.9. The molecule has 2 aromatic rings. The van der Waals surface area contributed by atoms with Crippen LogP contribution in [0.2, 0.25) is 0 Å². The first-order valence-corrected chi connectivity index (χ1v) is 8.14. The predicted octanol–water partition coefficient (Wildman–Crippen LogP) is 1.91. The van der Waals surface area contributed by atoms with Gasteiger partial charge in [-0.05, 0) is 20.1 Å². The highest BCUT2D eigenvalue weighted by atomic mass is 32.2. The summed E-state index contributed by atoms with van der Waals surface area (Å²) in [6.45, 7) is 5.20. The Kier molecular flexibility index (Phi) is 4.32. The Morgan fingerprint density at radius 3 is 3.11 bits per heavy atom. The Morgan fingerprint density at radius 2 is 2.39 bits per heavy atom.